The van der Waals surface area contributed by atoms with E-state index in [4.69, 9.17) is 15.4 Å². The maximum atomic E-state index is 11.8. The van der Waals surface area contributed by atoms with Crippen LogP contribution in [0.15, 0.2) is 41.3 Å². The summed E-state index contributed by atoms with van der Waals surface area (Å²) >= 11 is 0. The quantitative estimate of drug-likeness (QED) is 0.609. The van der Waals surface area contributed by atoms with E-state index in [1.54, 1.807) is 0 Å². The van der Waals surface area contributed by atoms with E-state index >= 15 is 0 Å². The van der Waals surface area contributed by atoms with Gasteiger partial charge in [0, 0.05) is 22.8 Å². The SMILES string of the molecule is CCCOC(=O)Nc1c(C)cc(NCc2ccc(SCl)cc2)cc1C. The zero-order valence-electron chi connectivity index (χ0n) is 14.7. The van der Waals surface area contributed by atoms with E-state index in [1.165, 1.54) is 16.5 Å². The van der Waals surface area contributed by atoms with Gasteiger partial charge in [0.2, 0.25) is 0 Å². The van der Waals surface area contributed by atoms with Crippen molar-refractivity contribution in [3.63, 3.8) is 0 Å². The summed E-state index contributed by atoms with van der Waals surface area (Å²) in [6.45, 7) is 7.05. The van der Waals surface area contributed by atoms with E-state index in [0.717, 1.165) is 40.4 Å². The number of anilines is 2. The van der Waals surface area contributed by atoms with Crippen LogP contribution in [-0.2, 0) is 11.3 Å². The van der Waals surface area contributed by atoms with Crippen molar-refractivity contribution in [2.45, 2.75) is 38.6 Å². The summed E-state index contributed by atoms with van der Waals surface area (Å²) in [6, 6.07) is 12.1. The van der Waals surface area contributed by atoms with E-state index in [2.05, 4.69) is 22.8 Å². The molecule has 1 amide bonds. The van der Waals surface area contributed by atoms with Crippen LogP contribution in [0.4, 0.5) is 16.2 Å². The van der Waals surface area contributed by atoms with Gasteiger partial charge in [-0.1, -0.05) is 19.1 Å². The molecule has 2 aromatic rings. The Labute approximate surface area is 157 Å². The second kappa shape index (κ2) is 9.59. The number of benzene rings is 2. The number of hydrogen-bond acceptors (Lipinski definition) is 4. The predicted octanol–water partition coefficient (Wildman–Crippen LogP) is 6.12. The molecule has 25 heavy (non-hydrogen) atoms. The second-order valence-corrected chi connectivity index (χ2v) is 6.91. The smallest absolute Gasteiger partial charge is 0.411 e. The van der Waals surface area contributed by atoms with E-state index in [0.29, 0.717) is 6.61 Å². The lowest BCUT2D eigenvalue weighted by Gasteiger charge is -2.15. The third kappa shape index (κ3) is 5.87. The zero-order valence-corrected chi connectivity index (χ0v) is 16.3. The molecule has 0 aliphatic heterocycles. The average molecular weight is 379 g/mol. The Morgan fingerprint density at radius 3 is 2.36 bits per heavy atom. The maximum Gasteiger partial charge on any atom is 0.411 e. The van der Waals surface area contributed by atoms with Crippen LogP contribution in [0.1, 0.15) is 30.0 Å². The van der Waals surface area contributed by atoms with Crippen LogP contribution in [0.25, 0.3) is 0 Å². The van der Waals surface area contributed by atoms with Crippen LogP contribution in [0, 0.1) is 13.8 Å². The molecule has 0 atom stereocenters. The molecule has 0 spiro atoms. The van der Waals surface area contributed by atoms with Crippen LogP contribution < -0.4 is 10.6 Å². The van der Waals surface area contributed by atoms with Gasteiger partial charge in [-0.2, -0.15) is 0 Å². The zero-order chi connectivity index (χ0) is 18.2. The Balaban J connectivity index is 2.01. The highest BCUT2D eigenvalue weighted by atomic mass is 35.7. The lowest BCUT2D eigenvalue weighted by Crippen LogP contribution is -2.16. The van der Waals surface area contributed by atoms with Crippen molar-refractivity contribution in [3.05, 3.63) is 53.1 Å². The maximum absolute atomic E-state index is 11.8. The number of halogens is 1. The first-order valence-corrected chi connectivity index (χ1v) is 9.84. The first kappa shape index (κ1) is 19.5. The minimum Gasteiger partial charge on any atom is -0.449 e. The Bertz CT molecular complexity index is 697. The molecule has 0 heterocycles. The van der Waals surface area contributed by atoms with Gasteiger partial charge in [0.1, 0.15) is 0 Å². The van der Waals surface area contributed by atoms with Gasteiger partial charge in [-0.05, 0) is 82.9 Å². The number of carbonyl (C=O) groups excluding carboxylic acids is 1. The molecule has 2 N–H and O–H groups in total. The Morgan fingerprint density at radius 2 is 1.80 bits per heavy atom. The molecule has 0 saturated heterocycles. The van der Waals surface area contributed by atoms with E-state index in [9.17, 15) is 4.79 Å². The summed E-state index contributed by atoms with van der Waals surface area (Å²) in [5, 5.41) is 6.23. The highest BCUT2D eigenvalue weighted by molar-refractivity contribution is 8.21. The van der Waals surface area contributed by atoms with Crippen LogP contribution in [0.2, 0.25) is 0 Å². The van der Waals surface area contributed by atoms with Gasteiger partial charge in [-0.25, -0.2) is 4.79 Å². The van der Waals surface area contributed by atoms with Gasteiger partial charge in [-0.3, -0.25) is 5.32 Å². The standard InChI is InChI=1S/C19H23ClN2O2S/c1-4-9-24-19(23)22-18-13(2)10-16(11-14(18)3)21-12-15-5-7-17(25-20)8-6-15/h5-8,10-11,21H,4,9,12H2,1-3H3,(H,22,23). The first-order valence-electron chi connectivity index (χ1n) is 8.20. The average Bonchev–Trinajstić information content (AvgIpc) is 2.61. The highest BCUT2D eigenvalue weighted by Crippen LogP contribution is 2.26. The third-order valence-corrected chi connectivity index (χ3v) is 4.69. The molecule has 2 aromatic carbocycles. The molecular weight excluding hydrogens is 356 g/mol. The fraction of sp³-hybridized carbons (Fsp3) is 0.316. The molecule has 0 aliphatic carbocycles. The molecule has 4 nitrogen and oxygen atoms in total. The molecule has 0 fully saturated rings. The summed E-state index contributed by atoms with van der Waals surface area (Å²) in [4.78, 5) is 12.8. The minimum absolute atomic E-state index is 0.411. The number of nitrogens with one attached hydrogen (secondary N) is 2. The van der Waals surface area contributed by atoms with E-state index in [1.807, 2.05) is 45.0 Å². The molecule has 0 saturated carbocycles. The number of ether oxygens (including phenoxy) is 1. The lowest BCUT2D eigenvalue weighted by molar-refractivity contribution is 0.161. The Morgan fingerprint density at radius 1 is 1.16 bits per heavy atom. The summed E-state index contributed by atoms with van der Waals surface area (Å²) in [7, 11) is 6.94. The van der Waals surface area contributed by atoms with Crippen LogP contribution in [0.5, 0.6) is 0 Å². The summed E-state index contributed by atoms with van der Waals surface area (Å²) in [6.07, 6.45) is 0.393. The van der Waals surface area contributed by atoms with E-state index in [-0.39, 0.29) is 0 Å². The highest BCUT2D eigenvalue weighted by Gasteiger charge is 2.09. The Hall–Kier alpha value is -1.85. The summed E-state index contributed by atoms with van der Waals surface area (Å²) < 4.78 is 5.08. The molecule has 0 bridgehead atoms. The summed E-state index contributed by atoms with van der Waals surface area (Å²) in [5.41, 5.74) is 4.97. The van der Waals surface area contributed by atoms with Crippen molar-refractivity contribution in [1.82, 2.24) is 0 Å². The molecule has 0 radical (unpaired) electrons. The molecule has 2 rings (SSSR count). The number of hydrogen-bond donors (Lipinski definition) is 2. The van der Waals surface area contributed by atoms with Gasteiger partial charge < -0.3 is 10.1 Å². The second-order valence-electron chi connectivity index (χ2n) is 5.82. The molecule has 0 unspecified atom stereocenters. The fourth-order valence-electron chi connectivity index (χ4n) is 2.46. The van der Waals surface area contributed by atoms with Gasteiger partial charge in [0.15, 0.2) is 0 Å². The number of amides is 1. The van der Waals surface area contributed by atoms with Gasteiger partial charge >= 0.3 is 6.09 Å². The molecule has 6 heteroatoms. The van der Waals surface area contributed by atoms with Crippen molar-refractivity contribution in [2.24, 2.45) is 0 Å². The minimum atomic E-state index is -0.411. The molecule has 0 aliphatic rings. The van der Waals surface area contributed by atoms with Crippen molar-refractivity contribution in [1.29, 1.82) is 0 Å². The Kier molecular flexibility index (Phi) is 7.47. The molecular formula is C19H23ClN2O2S. The van der Waals surface area contributed by atoms with Gasteiger partial charge in [0.05, 0.1) is 6.61 Å². The monoisotopic (exact) mass is 378 g/mol. The third-order valence-electron chi connectivity index (χ3n) is 3.71. The summed E-state index contributed by atoms with van der Waals surface area (Å²) in [5.74, 6) is 0. The molecule has 134 valence electrons. The van der Waals surface area contributed by atoms with Gasteiger partial charge in [0.25, 0.3) is 0 Å². The van der Waals surface area contributed by atoms with Crippen LogP contribution in [0.3, 0.4) is 0 Å². The van der Waals surface area contributed by atoms with Crippen LogP contribution >= 0.6 is 21.7 Å². The topological polar surface area (TPSA) is 50.4 Å². The molecule has 0 aromatic heterocycles. The van der Waals surface area contributed by atoms with Crippen LogP contribution in [-0.4, -0.2) is 12.7 Å². The largest absolute Gasteiger partial charge is 0.449 e. The van der Waals surface area contributed by atoms with Crippen molar-refractivity contribution < 1.29 is 9.53 Å². The number of rotatable bonds is 7. The van der Waals surface area contributed by atoms with E-state index < -0.39 is 6.09 Å². The lowest BCUT2D eigenvalue weighted by atomic mass is 10.1. The van der Waals surface area contributed by atoms with Crippen molar-refractivity contribution in [3.8, 4) is 0 Å². The van der Waals surface area contributed by atoms with Crippen molar-refractivity contribution in [2.75, 3.05) is 17.2 Å². The number of carbonyl (C=O) groups is 1. The van der Waals surface area contributed by atoms with Crippen molar-refractivity contribution >= 4 is 39.1 Å². The predicted molar refractivity (Wildman–Crippen MR) is 107 cm³/mol. The first-order chi connectivity index (χ1) is 12.0. The number of aryl methyl sites for hydroxylation is 2. The van der Waals surface area contributed by atoms with Gasteiger partial charge in [-0.15, -0.1) is 0 Å². The fourth-order valence-corrected chi connectivity index (χ4v) is 3.01. The normalized spacial score (nSPS) is 10.4.